The van der Waals surface area contributed by atoms with Gasteiger partial charge in [0.15, 0.2) is 0 Å². The number of carbonyl (C=O) groups excluding carboxylic acids is 4. The van der Waals surface area contributed by atoms with Gasteiger partial charge in [0, 0.05) is 30.7 Å². The fourth-order valence-electron chi connectivity index (χ4n) is 2.14. The van der Waals surface area contributed by atoms with Gasteiger partial charge in [0.05, 0.1) is 0 Å². The topological polar surface area (TPSA) is 158 Å². The third-order valence-corrected chi connectivity index (χ3v) is 3.87. The SMILES string of the molecule is CC(=O)N1CCCCC1.CC(C)(C)OC(N)=O.NC(=O)C(=O)Nc1ccc(Br)cn1. The summed E-state index contributed by atoms with van der Waals surface area (Å²) in [5.41, 5.74) is 8.99. The zero-order chi connectivity index (χ0) is 23.3. The Morgan fingerprint density at radius 1 is 1.10 bits per heavy atom. The number of likely N-dealkylation sites (tertiary alicyclic amines) is 1. The van der Waals surface area contributed by atoms with E-state index in [0.717, 1.165) is 17.6 Å². The monoisotopic (exact) mass is 487 g/mol. The zero-order valence-corrected chi connectivity index (χ0v) is 19.3. The lowest BCUT2D eigenvalue weighted by Crippen LogP contribution is -2.33. The molecule has 0 bridgehead atoms. The van der Waals surface area contributed by atoms with Crippen molar-refractivity contribution in [3.63, 3.8) is 0 Å². The number of amides is 4. The van der Waals surface area contributed by atoms with Crippen LogP contribution in [0.5, 0.6) is 0 Å². The Kier molecular flexibility index (Phi) is 12.3. The second-order valence-electron chi connectivity index (χ2n) is 7.28. The molecule has 1 aromatic heterocycles. The number of anilines is 1. The van der Waals surface area contributed by atoms with Crippen molar-refractivity contribution in [1.82, 2.24) is 9.88 Å². The minimum absolute atomic E-state index is 0.231. The highest BCUT2D eigenvalue weighted by atomic mass is 79.9. The summed E-state index contributed by atoms with van der Waals surface area (Å²) in [7, 11) is 0. The molecule has 11 heteroatoms. The Hall–Kier alpha value is -2.69. The number of nitrogens with two attached hydrogens (primary N) is 2. The summed E-state index contributed by atoms with van der Waals surface area (Å²) >= 11 is 3.17. The van der Waals surface area contributed by atoms with E-state index in [1.807, 2.05) is 4.90 Å². The summed E-state index contributed by atoms with van der Waals surface area (Å²) in [4.78, 5) is 47.6. The number of piperidine rings is 1. The molecule has 1 aliphatic heterocycles. The number of nitrogens with zero attached hydrogens (tertiary/aromatic N) is 2. The van der Waals surface area contributed by atoms with E-state index in [4.69, 9.17) is 11.5 Å². The maximum absolute atomic E-state index is 10.8. The molecular formula is C19H30BrN5O5. The number of nitrogens with one attached hydrogen (secondary N) is 1. The molecule has 4 amide bonds. The van der Waals surface area contributed by atoms with Gasteiger partial charge in [-0.15, -0.1) is 0 Å². The van der Waals surface area contributed by atoms with Crippen LogP contribution in [0, 0.1) is 0 Å². The number of ether oxygens (including phenoxy) is 1. The van der Waals surface area contributed by atoms with Gasteiger partial charge >= 0.3 is 17.9 Å². The Morgan fingerprint density at radius 3 is 1.97 bits per heavy atom. The highest BCUT2D eigenvalue weighted by Gasteiger charge is 2.12. The van der Waals surface area contributed by atoms with Crippen molar-refractivity contribution in [2.24, 2.45) is 11.5 Å². The van der Waals surface area contributed by atoms with Crippen LogP contribution in [0.1, 0.15) is 47.0 Å². The zero-order valence-electron chi connectivity index (χ0n) is 17.7. The maximum atomic E-state index is 10.8. The van der Waals surface area contributed by atoms with E-state index >= 15 is 0 Å². The van der Waals surface area contributed by atoms with E-state index in [-0.39, 0.29) is 11.7 Å². The molecule has 0 aliphatic carbocycles. The first kappa shape index (κ1) is 27.3. The molecule has 1 fully saturated rings. The first-order chi connectivity index (χ1) is 13.8. The number of carbonyl (C=O) groups is 4. The van der Waals surface area contributed by atoms with Crippen molar-refractivity contribution in [3.8, 4) is 0 Å². The second-order valence-corrected chi connectivity index (χ2v) is 8.20. The minimum atomic E-state index is -1.04. The number of primary amides is 2. The van der Waals surface area contributed by atoms with E-state index in [1.54, 1.807) is 39.8 Å². The Labute approximate surface area is 184 Å². The van der Waals surface area contributed by atoms with Gasteiger partial charge in [0.2, 0.25) is 5.91 Å². The number of hydrogen-bond acceptors (Lipinski definition) is 6. The number of aromatic nitrogens is 1. The summed E-state index contributed by atoms with van der Waals surface area (Å²) in [5, 5.41) is 2.22. The molecule has 2 rings (SSSR count). The molecule has 0 unspecified atom stereocenters. The smallest absolute Gasteiger partial charge is 0.405 e. The third-order valence-electron chi connectivity index (χ3n) is 3.40. The van der Waals surface area contributed by atoms with Crippen LogP contribution in [0.3, 0.4) is 0 Å². The largest absolute Gasteiger partial charge is 0.444 e. The normalized spacial score (nSPS) is 12.9. The van der Waals surface area contributed by atoms with E-state index < -0.39 is 23.5 Å². The summed E-state index contributed by atoms with van der Waals surface area (Å²) in [5.74, 6) is -1.40. The van der Waals surface area contributed by atoms with Crippen LogP contribution in [0.25, 0.3) is 0 Å². The number of pyridine rings is 1. The first-order valence-corrected chi connectivity index (χ1v) is 10.1. The molecule has 0 atom stereocenters. The highest BCUT2D eigenvalue weighted by molar-refractivity contribution is 9.10. The van der Waals surface area contributed by atoms with Gasteiger partial charge in [-0.1, -0.05) is 0 Å². The molecule has 0 saturated carbocycles. The van der Waals surface area contributed by atoms with Crippen LogP contribution in [-0.2, 0) is 19.1 Å². The van der Waals surface area contributed by atoms with Gasteiger partial charge in [0.25, 0.3) is 0 Å². The average Bonchev–Trinajstić information content (AvgIpc) is 2.63. The van der Waals surface area contributed by atoms with E-state index in [9.17, 15) is 19.2 Å². The van der Waals surface area contributed by atoms with Crippen LogP contribution >= 0.6 is 15.9 Å². The molecule has 1 aromatic rings. The van der Waals surface area contributed by atoms with Crippen molar-refractivity contribution >= 4 is 45.6 Å². The van der Waals surface area contributed by atoms with Gasteiger partial charge < -0.3 is 26.4 Å². The number of rotatable bonds is 1. The standard InChI is InChI=1S/C7H6BrN3O2.C7H13NO.C5H11NO2/c8-4-1-2-5(10-3-4)11-7(13)6(9)12;1-7(9)8-5-3-2-4-6-8;1-5(2,3)8-4(6)7/h1-3H,(H2,9,12)(H,10,11,13);2-6H2,1H3;1-3H3,(H2,6,7). The Balaban J connectivity index is 0.000000438. The molecule has 1 saturated heterocycles. The van der Waals surface area contributed by atoms with Crippen molar-refractivity contribution in [2.45, 2.75) is 52.6 Å². The van der Waals surface area contributed by atoms with Crippen LogP contribution in [0.15, 0.2) is 22.8 Å². The lowest BCUT2D eigenvalue weighted by atomic mass is 10.1. The van der Waals surface area contributed by atoms with Crippen LogP contribution in [0.4, 0.5) is 10.6 Å². The number of halogens is 1. The molecule has 5 N–H and O–H groups in total. The molecule has 30 heavy (non-hydrogen) atoms. The summed E-state index contributed by atoms with van der Waals surface area (Å²) in [6.45, 7) is 8.89. The van der Waals surface area contributed by atoms with Crippen molar-refractivity contribution in [2.75, 3.05) is 18.4 Å². The van der Waals surface area contributed by atoms with Crippen LogP contribution in [-0.4, -0.2) is 52.4 Å². The van der Waals surface area contributed by atoms with Gasteiger partial charge in [-0.3, -0.25) is 14.4 Å². The molecule has 0 spiro atoms. The van der Waals surface area contributed by atoms with E-state index in [0.29, 0.717) is 0 Å². The lowest BCUT2D eigenvalue weighted by molar-refractivity contribution is -0.134. The van der Waals surface area contributed by atoms with E-state index in [2.05, 4.69) is 31.0 Å². The molecule has 10 nitrogen and oxygen atoms in total. The summed E-state index contributed by atoms with van der Waals surface area (Å²) in [6, 6.07) is 3.23. The summed E-state index contributed by atoms with van der Waals surface area (Å²) in [6.07, 6.45) is 4.46. The van der Waals surface area contributed by atoms with Crippen molar-refractivity contribution in [3.05, 3.63) is 22.8 Å². The van der Waals surface area contributed by atoms with Gasteiger partial charge in [-0.05, 0) is 68.1 Å². The third kappa shape index (κ3) is 14.3. The molecule has 2 heterocycles. The fraction of sp³-hybridized carbons (Fsp3) is 0.526. The molecule has 1 aliphatic rings. The van der Waals surface area contributed by atoms with Crippen LogP contribution < -0.4 is 16.8 Å². The van der Waals surface area contributed by atoms with Crippen molar-refractivity contribution < 1.29 is 23.9 Å². The molecule has 0 radical (unpaired) electrons. The quantitative estimate of drug-likeness (QED) is 0.514. The maximum Gasteiger partial charge on any atom is 0.405 e. The molecule has 168 valence electrons. The highest BCUT2D eigenvalue weighted by Crippen LogP contribution is 2.10. The molecule has 0 aromatic carbocycles. The van der Waals surface area contributed by atoms with Crippen molar-refractivity contribution in [1.29, 1.82) is 0 Å². The fourth-order valence-corrected chi connectivity index (χ4v) is 2.37. The first-order valence-electron chi connectivity index (χ1n) is 9.28. The Bertz CT molecular complexity index is 713. The van der Waals surface area contributed by atoms with Gasteiger partial charge in [-0.2, -0.15) is 0 Å². The van der Waals surface area contributed by atoms with Crippen LogP contribution in [0.2, 0.25) is 0 Å². The summed E-state index contributed by atoms with van der Waals surface area (Å²) < 4.78 is 5.36. The van der Waals surface area contributed by atoms with Gasteiger partial charge in [0.1, 0.15) is 11.4 Å². The molecular weight excluding hydrogens is 458 g/mol. The Morgan fingerprint density at radius 2 is 1.67 bits per heavy atom. The average molecular weight is 488 g/mol. The predicted octanol–water partition coefficient (Wildman–Crippen LogP) is 2.17. The lowest BCUT2D eigenvalue weighted by Gasteiger charge is -2.24. The second kappa shape index (κ2) is 13.5. The number of hydrogen-bond donors (Lipinski definition) is 3. The van der Waals surface area contributed by atoms with E-state index in [1.165, 1.54) is 25.5 Å². The minimum Gasteiger partial charge on any atom is -0.444 e. The van der Waals surface area contributed by atoms with Gasteiger partial charge in [-0.25, -0.2) is 9.78 Å². The predicted molar refractivity (Wildman–Crippen MR) is 116 cm³/mol.